The lowest BCUT2D eigenvalue weighted by Gasteiger charge is -2.10. The molecular formula is C17H20O3. The smallest absolute Gasteiger partial charge is 0.125 e. The van der Waals surface area contributed by atoms with Crippen molar-refractivity contribution in [3.8, 4) is 17.2 Å². The van der Waals surface area contributed by atoms with Gasteiger partial charge in [-0.1, -0.05) is 18.2 Å². The monoisotopic (exact) mass is 272 g/mol. The van der Waals surface area contributed by atoms with Crippen molar-refractivity contribution in [2.24, 2.45) is 0 Å². The summed E-state index contributed by atoms with van der Waals surface area (Å²) in [7, 11) is 3.33. The molecule has 0 saturated heterocycles. The van der Waals surface area contributed by atoms with Crippen LogP contribution >= 0.6 is 0 Å². The van der Waals surface area contributed by atoms with E-state index in [1.54, 1.807) is 26.4 Å². The maximum absolute atomic E-state index is 9.25. The average molecular weight is 272 g/mol. The summed E-state index contributed by atoms with van der Waals surface area (Å²) in [5, 5.41) is 9.25. The van der Waals surface area contributed by atoms with Gasteiger partial charge < -0.3 is 14.6 Å². The largest absolute Gasteiger partial charge is 0.508 e. The van der Waals surface area contributed by atoms with Gasteiger partial charge in [0.15, 0.2) is 0 Å². The van der Waals surface area contributed by atoms with Crippen molar-refractivity contribution in [1.29, 1.82) is 0 Å². The van der Waals surface area contributed by atoms with Crippen molar-refractivity contribution in [1.82, 2.24) is 0 Å². The summed E-state index contributed by atoms with van der Waals surface area (Å²) in [5.74, 6) is 1.99. The molecule has 0 bridgehead atoms. The summed E-state index contributed by atoms with van der Waals surface area (Å²) in [6.45, 7) is 0. The Morgan fingerprint density at radius 2 is 1.65 bits per heavy atom. The number of rotatable bonds is 6. The number of aromatic hydroxyl groups is 1. The van der Waals surface area contributed by atoms with Crippen LogP contribution in [-0.2, 0) is 12.8 Å². The molecule has 3 heteroatoms. The lowest BCUT2D eigenvalue weighted by atomic mass is 10.0. The average Bonchev–Trinajstić information content (AvgIpc) is 2.49. The van der Waals surface area contributed by atoms with Gasteiger partial charge in [-0.05, 0) is 48.6 Å². The number of phenolic OH excluding ortho intramolecular Hbond substituents is 1. The van der Waals surface area contributed by atoms with Crippen LogP contribution in [0.2, 0.25) is 0 Å². The first-order chi connectivity index (χ1) is 9.72. The van der Waals surface area contributed by atoms with Crippen molar-refractivity contribution in [2.45, 2.75) is 19.3 Å². The van der Waals surface area contributed by atoms with Crippen LogP contribution in [0, 0.1) is 0 Å². The minimum absolute atomic E-state index is 0.311. The van der Waals surface area contributed by atoms with Gasteiger partial charge in [0.25, 0.3) is 0 Å². The second-order valence-corrected chi connectivity index (χ2v) is 4.70. The molecule has 0 unspecified atom stereocenters. The summed E-state index contributed by atoms with van der Waals surface area (Å²) in [6, 6.07) is 13.3. The Morgan fingerprint density at radius 3 is 2.30 bits per heavy atom. The second kappa shape index (κ2) is 6.85. The normalized spacial score (nSPS) is 10.3. The van der Waals surface area contributed by atoms with E-state index in [4.69, 9.17) is 9.47 Å². The summed E-state index contributed by atoms with van der Waals surface area (Å²) < 4.78 is 10.6. The van der Waals surface area contributed by atoms with E-state index < -0.39 is 0 Å². The topological polar surface area (TPSA) is 38.7 Å². The van der Waals surface area contributed by atoms with Gasteiger partial charge in [0.05, 0.1) is 14.2 Å². The fourth-order valence-corrected chi connectivity index (χ4v) is 2.20. The Morgan fingerprint density at radius 1 is 0.900 bits per heavy atom. The third-order valence-corrected chi connectivity index (χ3v) is 3.34. The molecule has 0 saturated carbocycles. The van der Waals surface area contributed by atoms with Gasteiger partial charge in [-0.3, -0.25) is 0 Å². The van der Waals surface area contributed by atoms with E-state index >= 15 is 0 Å². The number of hydrogen-bond acceptors (Lipinski definition) is 3. The van der Waals surface area contributed by atoms with Crippen molar-refractivity contribution in [3.63, 3.8) is 0 Å². The maximum atomic E-state index is 9.25. The van der Waals surface area contributed by atoms with Crippen LogP contribution < -0.4 is 9.47 Å². The molecule has 0 heterocycles. The van der Waals surface area contributed by atoms with Crippen LogP contribution in [-0.4, -0.2) is 19.3 Å². The highest BCUT2D eigenvalue weighted by Crippen LogP contribution is 2.26. The van der Waals surface area contributed by atoms with Crippen LogP contribution in [0.5, 0.6) is 17.2 Å². The molecule has 0 atom stereocenters. The molecule has 0 fully saturated rings. The molecular weight excluding hydrogens is 252 g/mol. The first-order valence-electron chi connectivity index (χ1n) is 6.71. The molecule has 0 amide bonds. The third-order valence-electron chi connectivity index (χ3n) is 3.34. The Labute approximate surface area is 119 Å². The van der Waals surface area contributed by atoms with E-state index in [1.165, 1.54) is 11.1 Å². The van der Waals surface area contributed by atoms with Gasteiger partial charge in [-0.15, -0.1) is 0 Å². The summed E-state index contributed by atoms with van der Waals surface area (Å²) >= 11 is 0. The standard InChI is InChI=1S/C17H20O3/c1-19-16-11-8-14(17(12-16)20-2)5-3-4-13-6-9-15(18)10-7-13/h6-12,18H,3-5H2,1-2H3. The fourth-order valence-electron chi connectivity index (χ4n) is 2.20. The van der Waals surface area contributed by atoms with Gasteiger partial charge in [-0.2, -0.15) is 0 Å². The first kappa shape index (κ1) is 14.3. The molecule has 1 N–H and O–H groups in total. The minimum atomic E-state index is 0.311. The predicted octanol–water partition coefficient (Wildman–Crippen LogP) is 3.58. The zero-order valence-corrected chi connectivity index (χ0v) is 11.9. The van der Waals surface area contributed by atoms with Gasteiger partial charge >= 0.3 is 0 Å². The molecule has 0 spiro atoms. The van der Waals surface area contributed by atoms with Crippen molar-refractivity contribution in [3.05, 3.63) is 53.6 Å². The number of phenols is 1. The SMILES string of the molecule is COc1ccc(CCCc2ccc(O)cc2)c(OC)c1. The predicted molar refractivity (Wildman–Crippen MR) is 79.7 cm³/mol. The molecule has 3 nitrogen and oxygen atoms in total. The van der Waals surface area contributed by atoms with Crippen LogP contribution in [0.4, 0.5) is 0 Å². The molecule has 2 aromatic carbocycles. The van der Waals surface area contributed by atoms with Crippen LogP contribution in [0.3, 0.4) is 0 Å². The van der Waals surface area contributed by atoms with E-state index in [-0.39, 0.29) is 0 Å². The Kier molecular flexibility index (Phi) is 4.88. The number of methoxy groups -OCH3 is 2. The first-order valence-corrected chi connectivity index (χ1v) is 6.71. The van der Waals surface area contributed by atoms with Crippen LogP contribution in [0.15, 0.2) is 42.5 Å². The Hall–Kier alpha value is -2.16. The number of hydrogen-bond donors (Lipinski definition) is 1. The highest BCUT2D eigenvalue weighted by atomic mass is 16.5. The highest BCUT2D eigenvalue weighted by Gasteiger charge is 2.05. The molecule has 20 heavy (non-hydrogen) atoms. The van der Waals surface area contributed by atoms with E-state index in [0.717, 1.165) is 30.8 Å². The quantitative estimate of drug-likeness (QED) is 0.873. The number of aryl methyl sites for hydroxylation is 2. The fraction of sp³-hybridized carbons (Fsp3) is 0.294. The maximum Gasteiger partial charge on any atom is 0.125 e. The minimum Gasteiger partial charge on any atom is -0.508 e. The Bertz CT molecular complexity index is 547. The van der Waals surface area contributed by atoms with E-state index in [1.807, 2.05) is 24.3 Å². The zero-order chi connectivity index (χ0) is 14.4. The molecule has 106 valence electrons. The van der Waals surface area contributed by atoms with Crippen LogP contribution in [0.25, 0.3) is 0 Å². The highest BCUT2D eigenvalue weighted by molar-refractivity contribution is 5.40. The number of benzene rings is 2. The van der Waals surface area contributed by atoms with Gasteiger partial charge in [0.1, 0.15) is 17.2 Å². The molecule has 2 aromatic rings. The van der Waals surface area contributed by atoms with Gasteiger partial charge in [0, 0.05) is 6.07 Å². The van der Waals surface area contributed by atoms with Gasteiger partial charge in [0.2, 0.25) is 0 Å². The van der Waals surface area contributed by atoms with Gasteiger partial charge in [-0.25, -0.2) is 0 Å². The summed E-state index contributed by atoms with van der Waals surface area (Å²) in [5.41, 5.74) is 2.42. The summed E-state index contributed by atoms with van der Waals surface area (Å²) in [6.07, 6.45) is 2.97. The second-order valence-electron chi connectivity index (χ2n) is 4.70. The molecule has 0 aliphatic heterocycles. The zero-order valence-electron chi connectivity index (χ0n) is 11.9. The van der Waals surface area contributed by atoms with Crippen LogP contribution in [0.1, 0.15) is 17.5 Å². The molecule has 0 aliphatic rings. The summed E-state index contributed by atoms with van der Waals surface area (Å²) in [4.78, 5) is 0. The molecule has 0 radical (unpaired) electrons. The molecule has 0 aliphatic carbocycles. The molecule has 2 rings (SSSR count). The lowest BCUT2D eigenvalue weighted by molar-refractivity contribution is 0.390. The number of ether oxygens (including phenoxy) is 2. The van der Waals surface area contributed by atoms with E-state index in [9.17, 15) is 5.11 Å². The van der Waals surface area contributed by atoms with Crippen molar-refractivity contribution in [2.75, 3.05) is 14.2 Å². The van der Waals surface area contributed by atoms with Crippen molar-refractivity contribution >= 4 is 0 Å². The molecule has 0 aromatic heterocycles. The Balaban J connectivity index is 1.95. The van der Waals surface area contributed by atoms with Crippen molar-refractivity contribution < 1.29 is 14.6 Å². The lowest BCUT2D eigenvalue weighted by Crippen LogP contribution is -1.95. The van der Waals surface area contributed by atoms with E-state index in [0.29, 0.717) is 5.75 Å². The van der Waals surface area contributed by atoms with E-state index in [2.05, 4.69) is 6.07 Å². The third kappa shape index (κ3) is 3.67.